The number of carbonyl (C=O) groups excluding carboxylic acids is 1. The first kappa shape index (κ1) is 16.5. The van der Waals surface area contributed by atoms with Gasteiger partial charge in [0.25, 0.3) is 5.91 Å². The quantitative estimate of drug-likeness (QED) is 0.703. The first-order chi connectivity index (χ1) is 11.6. The first-order valence-electron chi connectivity index (χ1n) is 7.31. The summed E-state index contributed by atoms with van der Waals surface area (Å²) in [6.07, 6.45) is 0. The van der Waals surface area contributed by atoms with Gasteiger partial charge in [0.2, 0.25) is 0 Å². The van der Waals surface area contributed by atoms with Crippen LogP contribution in [0.25, 0.3) is 0 Å². The summed E-state index contributed by atoms with van der Waals surface area (Å²) in [4.78, 5) is 16.7. The second-order valence-electron chi connectivity index (χ2n) is 5.14. The van der Waals surface area contributed by atoms with Gasteiger partial charge < -0.3 is 10.1 Å². The Morgan fingerprint density at radius 1 is 1.25 bits per heavy atom. The van der Waals surface area contributed by atoms with Gasteiger partial charge in [-0.25, -0.2) is 4.98 Å². The van der Waals surface area contributed by atoms with Crippen LogP contribution in [-0.2, 0) is 6.61 Å². The number of nitrogens with one attached hydrogen (secondary N) is 1. The minimum Gasteiger partial charge on any atom is -0.487 e. The van der Waals surface area contributed by atoms with Crippen molar-refractivity contribution in [1.82, 2.24) is 4.98 Å². The summed E-state index contributed by atoms with van der Waals surface area (Å²) in [5.74, 6) is 0.409. The maximum absolute atomic E-state index is 12.3. The van der Waals surface area contributed by atoms with E-state index < -0.39 is 0 Å². The molecule has 3 aromatic rings. The van der Waals surface area contributed by atoms with Crippen molar-refractivity contribution in [3.05, 3.63) is 75.2 Å². The third kappa shape index (κ3) is 4.34. The molecule has 0 bridgehead atoms. The highest BCUT2D eigenvalue weighted by Gasteiger charge is 2.08. The van der Waals surface area contributed by atoms with Crippen LogP contribution in [0.15, 0.2) is 53.9 Å². The molecule has 0 aliphatic heterocycles. The van der Waals surface area contributed by atoms with E-state index in [4.69, 9.17) is 16.3 Å². The molecule has 0 unspecified atom stereocenters. The molecule has 1 heterocycles. The molecule has 0 spiro atoms. The Labute approximate surface area is 149 Å². The van der Waals surface area contributed by atoms with E-state index >= 15 is 0 Å². The number of rotatable bonds is 5. The van der Waals surface area contributed by atoms with E-state index in [-0.39, 0.29) is 5.91 Å². The van der Waals surface area contributed by atoms with E-state index in [1.807, 2.05) is 18.4 Å². The summed E-state index contributed by atoms with van der Waals surface area (Å²) in [7, 11) is 0. The van der Waals surface area contributed by atoms with Gasteiger partial charge in [-0.2, -0.15) is 0 Å². The molecule has 0 atom stereocenters. The second-order valence-corrected chi connectivity index (χ2v) is 6.64. The van der Waals surface area contributed by atoms with E-state index in [0.29, 0.717) is 28.6 Å². The average Bonchev–Trinajstić information content (AvgIpc) is 2.99. The third-order valence-electron chi connectivity index (χ3n) is 3.23. The Hall–Kier alpha value is -2.37. The molecule has 0 aliphatic rings. The molecular formula is C18H15ClN2O2S. The fraction of sp³-hybridized carbons (Fsp3) is 0.111. The number of aryl methyl sites for hydroxylation is 1. The largest absolute Gasteiger partial charge is 0.487 e. The van der Waals surface area contributed by atoms with Crippen LogP contribution in [0.3, 0.4) is 0 Å². The number of ether oxygens (including phenoxy) is 1. The zero-order valence-electron chi connectivity index (χ0n) is 13.0. The molecule has 0 saturated carbocycles. The monoisotopic (exact) mass is 358 g/mol. The van der Waals surface area contributed by atoms with Gasteiger partial charge in [-0.3, -0.25) is 4.79 Å². The minimum atomic E-state index is -0.216. The Morgan fingerprint density at radius 3 is 2.83 bits per heavy atom. The van der Waals surface area contributed by atoms with Crippen molar-refractivity contribution in [2.24, 2.45) is 0 Å². The standard InChI is InChI=1S/C18H15ClN2O2S/c1-12-20-16(11-24-12)10-23-17-7-2-4-13(8-17)18(22)21-15-6-3-5-14(19)9-15/h2-9,11H,10H2,1H3,(H,21,22). The van der Waals surface area contributed by atoms with Crippen molar-refractivity contribution in [2.75, 3.05) is 5.32 Å². The molecular weight excluding hydrogens is 344 g/mol. The SMILES string of the molecule is Cc1nc(COc2cccc(C(=O)Nc3cccc(Cl)c3)c2)cs1. The molecule has 0 fully saturated rings. The lowest BCUT2D eigenvalue weighted by Gasteiger charge is -2.08. The van der Waals surface area contributed by atoms with Gasteiger partial charge in [0.15, 0.2) is 0 Å². The molecule has 2 aromatic carbocycles. The van der Waals surface area contributed by atoms with E-state index in [2.05, 4.69) is 10.3 Å². The van der Waals surface area contributed by atoms with Crippen molar-refractivity contribution in [3.8, 4) is 5.75 Å². The van der Waals surface area contributed by atoms with E-state index in [0.717, 1.165) is 10.7 Å². The normalized spacial score (nSPS) is 10.4. The maximum Gasteiger partial charge on any atom is 0.255 e. The second kappa shape index (κ2) is 7.47. The number of carbonyl (C=O) groups is 1. The summed E-state index contributed by atoms with van der Waals surface area (Å²) in [6, 6.07) is 14.1. The molecule has 0 saturated heterocycles. The van der Waals surface area contributed by atoms with Crippen LogP contribution in [0.4, 0.5) is 5.69 Å². The fourth-order valence-electron chi connectivity index (χ4n) is 2.13. The van der Waals surface area contributed by atoms with E-state index in [1.165, 1.54) is 0 Å². The van der Waals surface area contributed by atoms with Crippen LogP contribution >= 0.6 is 22.9 Å². The highest BCUT2D eigenvalue weighted by Crippen LogP contribution is 2.19. The van der Waals surface area contributed by atoms with Gasteiger partial charge >= 0.3 is 0 Å². The molecule has 1 amide bonds. The molecule has 3 rings (SSSR count). The van der Waals surface area contributed by atoms with E-state index in [9.17, 15) is 4.79 Å². The van der Waals surface area contributed by atoms with E-state index in [1.54, 1.807) is 53.8 Å². The highest BCUT2D eigenvalue weighted by molar-refractivity contribution is 7.09. The van der Waals surface area contributed by atoms with Crippen molar-refractivity contribution < 1.29 is 9.53 Å². The van der Waals surface area contributed by atoms with Gasteiger partial charge in [0, 0.05) is 21.7 Å². The molecule has 4 nitrogen and oxygen atoms in total. The maximum atomic E-state index is 12.3. The number of amides is 1. The number of aromatic nitrogens is 1. The van der Waals surface area contributed by atoms with Crippen LogP contribution in [0, 0.1) is 6.92 Å². The van der Waals surface area contributed by atoms with Gasteiger partial charge in [-0.05, 0) is 43.3 Å². The lowest BCUT2D eigenvalue weighted by atomic mass is 10.2. The first-order valence-corrected chi connectivity index (χ1v) is 8.57. The van der Waals surface area contributed by atoms with Crippen LogP contribution in [-0.4, -0.2) is 10.9 Å². The highest BCUT2D eigenvalue weighted by atomic mass is 35.5. The Balaban J connectivity index is 1.66. The molecule has 1 aromatic heterocycles. The zero-order chi connectivity index (χ0) is 16.9. The van der Waals surface area contributed by atoms with Crippen LogP contribution in [0.1, 0.15) is 21.1 Å². The Morgan fingerprint density at radius 2 is 2.08 bits per heavy atom. The fourth-order valence-corrected chi connectivity index (χ4v) is 2.92. The van der Waals surface area contributed by atoms with Crippen molar-refractivity contribution >= 4 is 34.5 Å². The van der Waals surface area contributed by atoms with Crippen molar-refractivity contribution in [3.63, 3.8) is 0 Å². The summed E-state index contributed by atoms with van der Waals surface area (Å²) < 4.78 is 5.71. The lowest BCUT2D eigenvalue weighted by Crippen LogP contribution is -2.11. The number of thiazole rings is 1. The molecule has 0 aliphatic carbocycles. The molecule has 6 heteroatoms. The lowest BCUT2D eigenvalue weighted by molar-refractivity contribution is 0.102. The van der Waals surface area contributed by atoms with Crippen molar-refractivity contribution in [2.45, 2.75) is 13.5 Å². The summed E-state index contributed by atoms with van der Waals surface area (Å²) >= 11 is 7.51. The molecule has 1 N–H and O–H groups in total. The smallest absolute Gasteiger partial charge is 0.255 e. The van der Waals surface area contributed by atoms with Gasteiger partial charge in [0.1, 0.15) is 12.4 Å². The predicted octanol–water partition coefficient (Wildman–Crippen LogP) is 4.94. The molecule has 24 heavy (non-hydrogen) atoms. The third-order valence-corrected chi connectivity index (χ3v) is 4.29. The Kier molecular flexibility index (Phi) is 5.13. The van der Waals surface area contributed by atoms with Gasteiger partial charge in [0.05, 0.1) is 10.7 Å². The number of hydrogen-bond acceptors (Lipinski definition) is 4. The van der Waals surface area contributed by atoms with Crippen LogP contribution in [0.2, 0.25) is 5.02 Å². The number of halogens is 1. The minimum absolute atomic E-state index is 0.216. The van der Waals surface area contributed by atoms with Crippen molar-refractivity contribution in [1.29, 1.82) is 0 Å². The zero-order valence-corrected chi connectivity index (χ0v) is 14.5. The number of hydrogen-bond donors (Lipinski definition) is 1. The van der Waals surface area contributed by atoms with Gasteiger partial charge in [-0.1, -0.05) is 23.7 Å². The summed E-state index contributed by atoms with van der Waals surface area (Å²) in [5.41, 5.74) is 2.05. The number of anilines is 1. The van der Waals surface area contributed by atoms with Crippen LogP contribution < -0.4 is 10.1 Å². The number of nitrogens with zero attached hydrogens (tertiary/aromatic N) is 1. The molecule has 122 valence electrons. The van der Waals surface area contributed by atoms with Gasteiger partial charge in [-0.15, -0.1) is 11.3 Å². The Bertz CT molecular complexity index is 863. The average molecular weight is 359 g/mol. The topological polar surface area (TPSA) is 51.2 Å². The molecule has 0 radical (unpaired) electrons. The number of benzene rings is 2. The van der Waals surface area contributed by atoms with Crippen LogP contribution in [0.5, 0.6) is 5.75 Å². The summed E-state index contributed by atoms with van der Waals surface area (Å²) in [6.45, 7) is 2.33. The predicted molar refractivity (Wildman–Crippen MR) is 97.0 cm³/mol. The summed E-state index contributed by atoms with van der Waals surface area (Å²) in [5, 5.41) is 6.35.